The number of rotatable bonds is 6. The first-order valence-electron chi connectivity index (χ1n) is 8.60. The summed E-state index contributed by atoms with van der Waals surface area (Å²) < 4.78 is 10.4. The first-order chi connectivity index (χ1) is 12.6. The molecular formula is C20H22N2O4. The zero-order valence-electron chi connectivity index (χ0n) is 14.9. The van der Waals surface area contributed by atoms with Crippen LogP contribution in [-0.2, 0) is 11.2 Å². The molecule has 1 aliphatic rings. The van der Waals surface area contributed by atoms with Crippen molar-refractivity contribution >= 4 is 17.7 Å². The standard InChI is InChI=1S/C20H22N2O4/c1-3-14-4-8-16(9-5-14)22-13-18(26-20(22)24)12-21-19(23)15-6-10-17(25-2)11-7-15/h4-11,18H,3,12-13H2,1-2H3,(H,21,23). The fraction of sp³-hybridized carbons (Fsp3) is 0.300. The smallest absolute Gasteiger partial charge is 0.414 e. The Bertz CT molecular complexity index is 771. The van der Waals surface area contributed by atoms with Gasteiger partial charge in [0.25, 0.3) is 5.91 Å². The van der Waals surface area contributed by atoms with Crippen LogP contribution in [0.3, 0.4) is 0 Å². The molecule has 0 aliphatic carbocycles. The Morgan fingerprint density at radius 3 is 2.50 bits per heavy atom. The van der Waals surface area contributed by atoms with Crippen LogP contribution in [-0.4, -0.2) is 38.3 Å². The van der Waals surface area contributed by atoms with E-state index in [1.54, 1.807) is 36.3 Å². The molecular weight excluding hydrogens is 332 g/mol. The average Bonchev–Trinajstić information content (AvgIpc) is 3.07. The van der Waals surface area contributed by atoms with Crippen LogP contribution in [0.5, 0.6) is 5.75 Å². The normalized spacial score (nSPS) is 16.3. The first-order valence-corrected chi connectivity index (χ1v) is 8.60. The second-order valence-corrected chi connectivity index (χ2v) is 6.07. The molecule has 2 aromatic carbocycles. The van der Waals surface area contributed by atoms with Crippen LogP contribution >= 0.6 is 0 Å². The summed E-state index contributed by atoms with van der Waals surface area (Å²) in [4.78, 5) is 25.9. The summed E-state index contributed by atoms with van der Waals surface area (Å²) in [5, 5.41) is 2.81. The van der Waals surface area contributed by atoms with E-state index >= 15 is 0 Å². The predicted octanol–water partition coefficient (Wildman–Crippen LogP) is 3.01. The molecule has 2 amide bonds. The molecule has 0 saturated carbocycles. The maximum Gasteiger partial charge on any atom is 0.414 e. The highest BCUT2D eigenvalue weighted by Gasteiger charge is 2.32. The second-order valence-electron chi connectivity index (χ2n) is 6.07. The van der Waals surface area contributed by atoms with Gasteiger partial charge in [0, 0.05) is 11.3 Å². The molecule has 6 nitrogen and oxygen atoms in total. The third-order valence-corrected chi connectivity index (χ3v) is 4.37. The lowest BCUT2D eigenvalue weighted by Gasteiger charge is -2.13. The molecule has 1 N–H and O–H groups in total. The van der Waals surface area contributed by atoms with Gasteiger partial charge in [0.15, 0.2) is 0 Å². The van der Waals surface area contributed by atoms with E-state index in [1.165, 1.54) is 5.56 Å². The van der Waals surface area contributed by atoms with Gasteiger partial charge in [-0.3, -0.25) is 9.69 Å². The average molecular weight is 354 g/mol. The summed E-state index contributed by atoms with van der Waals surface area (Å²) in [7, 11) is 1.57. The fourth-order valence-corrected chi connectivity index (χ4v) is 2.80. The number of cyclic esters (lactones) is 1. The summed E-state index contributed by atoms with van der Waals surface area (Å²) in [6.07, 6.45) is 0.179. The zero-order chi connectivity index (χ0) is 18.5. The number of amides is 2. The van der Waals surface area contributed by atoms with Gasteiger partial charge >= 0.3 is 6.09 Å². The topological polar surface area (TPSA) is 67.9 Å². The number of methoxy groups -OCH3 is 1. The maximum atomic E-state index is 12.2. The number of carbonyl (C=O) groups is 2. The van der Waals surface area contributed by atoms with E-state index in [2.05, 4.69) is 12.2 Å². The molecule has 0 aromatic heterocycles. The Labute approximate surface area is 152 Å². The molecule has 1 aliphatic heterocycles. The Hall–Kier alpha value is -3.02. The van der Waals surface area contributed by atoms with Gasteiger partial charge < -0.3 is 14.8 Å². The molecule has 0 radical (unpaired) electrons. The molecule has 1 atom stereocenters. The fourth-order valence-electron chi connectivity index (χ4n) is 2.80. The van der Waals surface area contributed by atoms with E-state index in [0.717, 1.165) is 12.1 Å². The van der Waals surface area contributed by atoms with Crippen molar-refractivity contribution < 1.29 is 19.1 Å². The Kier molecular flexibility index (Phi) is 5.41. The number of benzene rings is 2. The van der Waals surface area contributed by atoms with Crippen molar-refractivity contribution in [2.24, 2.45) is 0 Å². The van der Waals surface area contributed by atoms with Crippen molar-refractivity contribution in [3.05, 3.63) is 59.7 Å². The van der Waals surface area contributed by atoms with Crippen molar-refractivity contribution in [1.29, 1.82) is 0 Å². The quantitative estimate of drug-likeness (QED) is 0.866. The number of carbonyl (C=O) groups excluding carboxylic acids is 2. The Balaban J connectivity index is 1.55. The van der Waals surface area contributed by atoms with E-state index in [1.807, 2.05) is 24.3 Å². The molecule has 1 saturated heterocycles. The predicted molar refractivity (Wildman–Crippen MR) is 98.8 cm³/mol. The Morgan fingerprint density at radius 2 is 1.88 bits per heavy atom. The van der Waals surface area contributed by atoms with Crippen molar-refractivity contribution in [3.63, 3.8) is 0 Å². The third-order valence-electron chi connectivity index (χ3n) is 4.37. The van der Waals surface area contributed by atoms with E-state index in [9.17, 15) is 9.59 Å². The van der Waals surface area contributed by atoms with Crippen LogP contribution < -0.4 is 15.0 Å². The number of anilines is 1. The van der Waals surface area contributed by atoms with Gasteiger partial charge in [-0.05, 0) is 48.4 Å². The van der Waals surface area contributed by atoms with Crippen LogP contribution in [0.15, 0.2) is 48.5 Å². The van der Waals surface area contributed by atoms with E-state index in [4.69, 9.17) is 9.47 Å². The number of hydrogen-bond acceptors (Lipinski definition) is 4. The lowest BCUT2D eigenvalue weighted by molar-refractivity contribution is 0.0916. The summed E-state index contributed by atoms with van der Waals surface area (Å²) in [5.74, 6) is 0.477. The van der Waals surface area contributed by atoms with Gasteiger partial charge in [0.05, 0.1) is 20.2 Å². The highest BCUT2D eigenvalue weighted by atomic mass is 16.6. The molecule has 3 rings (SSSR count). The number of aryl methyl sites for hydroxylation is 1. The molecule has 1 heterocycles. The molecule has 6 heteroatoms. The van der Waals surface area contributed by atoms with E-state index in [0.29, 0.717) is 17.9 Å². The van der Waals surface area contributed by atoms with Gasteiger partial charge in [-0.1, -0.05) is 19.1 Å². The van der Waals surface area contributed by atoms with Crippen LogP contribution in [0, 0.1) is 0 Å². The lowest BCUT2D eigenvalue weighted by Crippen LogP contribution is -2.34. The lowest BCUT2D eigenvalue weighted by atomic mass is 10.1. The number of nitrogens with zero attached hydrogens (tertiary/aromatic N) is 1. The second kappa shape index (κ2) is 7.91. The monoisotopic (exact) mass is 354 g/mol. The van der Waals surface area contributed by atoms with Crippen LogP contribution in [0.25, 0.3) is 0 Å². The minimum absolute atomic E-state index is 0.213. The first kappa shape index (κ1) is 17.8. The molecule has 1 unspecified atom stereocenters. The molecule has 0 bridgehead atoms. The minimum atomic E-state index is -0.391. The van der Waals surface area contributed by atoms with E-state index < -0.39 is 6.09 Å². The van der Waals surface area contributed by atoms with Crippen molar-refractivity contribution in [1.82, 2.24) is 5.32 Å². The number of nitrogens with one attached hydrogen (secondary N) is 1. The number of hydrogen-bond donors (Lipinski definition) is 1. The summed E-state index contributed by atoms with van der Waals surface area (Å²) in [5.41, 5.74) is 2.54. The van der Waals surface area contributed by atoms with Crippen molar-refractivity contribution in [2.45, 2.75) is 19.4 Å². The van der Waals surface area contributed by atoms with Crippen LogP contribution in [0.4, 0.5) is 10.5 Å². The van der Waals surface area contributed by atoms with Crippen LogP contribution in [0.2, 0.25) is 0 Å². The molecule has 2 aromatic rings. The van der Waals surface area contributed by atoms with Crippen molar-refractivity contribution in [3.8, 4) is 5.75 Å². The van der Waals surface area contributed by atoms with Gasteiger partial charge in [0.1, 0.15) is 11.9 Å². The molecule has 26 heavy (non-hydrogen) atoms. The SMILES string of the molecule is CCc1ccc(N2CC(CNC(=O)c3ccc(OC)cc3)OC2=O)cc1. The summed E-state index contributed by atoms with van der Waals surface area (Å²) in [6, 6.07) is 14.7. The highest BCUT2D eigenvalue weighted by Crippen LogP contribution is 2.22. The molecule has 136 valence electrons. The number of ether oxygens (including phenoxy) is 2. The minimum Gasteiger partial charge on any atom is -0.497 e. The zero-order valence-corrected chi connectivity index (χ0v) is 14.9. The van der Waals surface area contributed by atoms with Gasteiger partial charge in [0.2, 0.25) is 0 Å². The van der Waals surface area contributed by atoms with Crippen LogP contribution in [0.1, 0.15) is 22.8 Å². The van der Waals surface area contributed by atoms with Gasteiger partial charge in [-0.2, -0.15) is 0 Å². The Morgan fingerprint density at radius 1 is 1.19 bits per heavy atom. The highest BCUT2D eigenvalue weighted by molar-refractivity contribution is 5.94. The van der Waals surface area contributed by atoms with Gasteiger partial charge in [-0.15, -0.1) is 0 Å². The van der Waals surface area contributed by atoms with Gasteiger partial charge in [-0.25, -0.2) is 4.79 Å². The van der Waals surface area contributed by atoms with Crippen molar-refractivity contribution in [2.75, 3.05) is 25.1 Å². The third kappa shape index (κ3) is 3.96. The summed E-state index contributed by atoms with van der Waals surface area (Å²) in [6.45, 7) is 2.76. The molecule has 1 fully saturated rings. The maximum absolute atomic E-state index is 12.2. The largest absolute Gasteiger partial charge is 0.497 e. The molecule has 0 spiro atoms. The van der Waals surface area contributed by atoms with E-state index in [-0.39, 0.29) is 18.6 Å². The summed E-state index contributed by atoms with van der Waals surface area (Å²) >= 11 is 0.